The largest absolute Gasteiger partial charge is 0.484 e. The van der Waals surface area contributed by atoms with Crippen molar-refractivity contribution < 1.29 is 14.3 Å². The van der Waals surface area contributed by atoms with E-state index in [4.69, 9.17) is 4.74 Å². The minimum Gasteiger partial charge on any atom is -0.484 e. The van der Waals surface area contributed by atoms with Gasteiger partial charge in [0.15, 0.2) is 6.61 Å². The minimum atomic E-state index is -0.495. The lowest BCUT2D eigenvalue weighted by Gasteiger charge is -2.09. The van der Waals surface area contributed by atoms with Crippen molar-refractivity contribution in [3.8, 4) is 11.8 Å². The van der Waals surface area contributed by atoms with E-state index < -0.39 is 5.91 Å². The zero-order chi connectivity index (χ0) is 22.9. The molecule has 0 saturated carbocycles. The van der Waals surface area contributed by atoms with Crippen molar-refractivity contribution >= 4 is 29.3 Å². The fourth-order valence-electron chi connectivity index (χ4n) is 2.98. The van der Waals surface area contributed by atoms with E-state index in [0.29, 0.717) is 22.7 Å². The summed E-state index contributed by atoms with van der Waals surface area (Å²) < 4.78 is 5.57. The van der Waals surface area contributed by atoms with Gasteiger partial charge in [-0.05, 0) is 66.9 Å². The number of hydrogen-bond acceptors (Lipinski definition) is 4. The maximum Gasteiger partial charge on any atom is 0.266 e. The second kappa shape index (κ2) is 10.6. The molecule has 0 radical (unpaired) electrons. The fraction of sp³-hybridized carbons (Fsp3) is 0.115. The van der Waals surface area contributed by atoms with Gasteiger partial charge in [-0.2, -0.15) is 5.26 Å². The SMILES string of the molecule is Cc1cccc(NC(=O)COc2cccc(/C=C(/C#N)C(=O)Nc3ccccc3C)c2)c1. The molecule has 160 valence electrons. The highest BCUT2D eigenvalue weighted by molar-refractivity contribution is 6.10. The first-order valence-electron chi connectivity index (χ1n) is 10.0. The summed E-state index contributed by atoms with van der Waals surface area (Å²) in [5.74, 6) is -0.327. The summed E-state index contributed by atoms with van der Waals surface area (Å²) in [6.07, 6.45) is 1.48. The Morgan fingerprint density at radius 1 is 0.969 bits per heavy atom. The Morgan fingerprint density at radius 3 is 2.50 bits per heavy atom. The lowest BCUT2D eigenvalue weighted by Crippen LogP contribution is -2.20. The molecule has 0 fully saturated rings. The van der Waals surface area contributed by atoms with Crippen LogP contribution in [0.15, 0.2) is 78.4 Å². The Morgan fingerprint density at radius 2 is 1.75 bits per heavy atom. The zero-order valence-electron chi connectivity index (χ0n) is 17.9. The molecule has 0 aliphatic heterocycles. The van der Waals surface area contributed by atoms with E-state index in [-0.39, 0.29) is 18.1 Å². The third-order valence-corrected chi connectivity index (χ3v) is 4.60. The molecule has 6 nitrogen and oxygen atoms in total. The van der Waals surface area contributed by atoms with Crippen LogP contribution >= 0.6 is 0 Å². The summed E-state index contributed by atoms with van der Waals surface area (Å²) in [5.41, 5.74) is 3.87. The smallest absolute Gasteiger partial charge is 0.266 e. The summed E-state index contributed by atoms with van der Waals surface area (Å²) >= 11 is 0. The summed E-state index contributed by atoms with van der Waals surface area (Å²) in [7, 11) is 0. The number of nitriles is 1. The zero-order valence-corrected chi connectivity index (χ0v) is 17.9. The number of aryl methyl sites for hydroxylation is 2. The maximum absolute atomic E-state index is 12.5. The van der Waals surface area contributed by atoms with E-state index in [2.05, 4.69) is 10.6 Å². The molecule has 32 heavy (non-hydrogen) atoms. The highest BCUT2D eigenvalue weighted by Gasteiger charge is 2.11. The number of ether oxygens (including phenoxy) is 1. The first-order valence-corrected chi connectivity index (χ1v) is 10.0. The number of benzene rings is 3. The Balaban J connectivity index is 1.64. The highest BCUT2D eigenvalue weighted by Crippen LogP contribution is 2.18. The third kappa shape index (κ3) is 6.31. The number of anilines is 2. The molecule has 0 heterocycles. The topological polar surface area (TPSA) is 91.2 Å². The molecule has 3 aromatic carbocycles. The number of hydrogen-bond donors (Lipinski definition) is 2. The average molecular weight is 425 g/mol. The first-order chi connectivity index (χ1) is 15.4. The van der Waals surface area contributed by atoms with Crippen LogP contribution in [-0.4, -0.2) is 18.4 Å². The van der Waals surface area contributed by atoms with Gasteiger partial charge in [-0.3, -0.25) is 9.59 Å². The molecule has 6 heteroatoms. The van der Waals surface area contributed by atoms with E-state index in [9.17, 15) is 14.9 Å². The van der Waals surface area contributed by atoms with Gasteiger partial charge in [-0.25, -0.2) is 0 Å². The van der Waals surface area contributed by atoms with Gasteiger partial charge < -0.3 is 15.4 Å². The molecular weight excluding hydrogens is 402 g/mol. The molecule has 0 bridgehead atoms. The first kappa shape index (κ1) is 22.3. The van der Waals surface area contributed by atoms with E-state index in [1.165, 1.54) is 6.08 Å². The lowest BCUT2D eigenvalue weighted by molar-refractivity contribution is -0.118. The van der Waals surface area contributed by atoms with Crippen molar-refractivity contribution in [2.45, 2.75) is 13.8 Å². The molecule has 2 N–H and O–H groups in total. The lowest BCUT2D eigenvalue weighted by atomic mass is 10.1. The van der Waals surface area contributed by atoms with Gasteiger partial charge in [0.2, 0.25) is 0 Å². The molecule has 3 rings (SSSR count). The third-order valence-electron chi connectivity index (χ3n) is 4.60. The van der Waals surface area contributed by atoms with E-state index >= 15 is 0 Å². The number of para-hydroxylation sites is 1. The molecule has 0 aromatic heterocycles. The van der Waals surface area contributed by atoms with Gasteiger partial charge in [0.1, 0.15) is 17.4 Å². The number of nitrogens with one attached hydrogen (secondary N) is 2. The van der Waals surface area contributed by atoms with Gasteiger partial charge in [-0.1, -0.05) is 42.5 Å². The van der Waals surface area contributed by atoms with Crippen molar-refractivity contribution in [1.29, 1.82) is 5.26 Å². The van der Waals surface area contributed by atoms with Gasteiger partial charge in [0, 0.05) is 11.4 Å². The van der Waals surface area contributed by atoms with E-state index in [1.54, 1.807) is 30.3 Å². The normalized spacial score (nSPS) is 10.7. The predicted molar refractivity (Wildman–Crippen MR) is 125 cm³/mol. The van der Waals surface area contributed by atoms with Crippen LogP contribution in [0, 0.1) is 25.2 Å². The second-order valence-electron chi connectivity index (χ2n) is 7.22. The van der Waals surface area contributed by atoms with Gasteiger partial charge in [0.05, 0.1) is 0 Å². The Kier molecular flexibility index (Phi) is 7.39. The average Bonchev–Trinajstić information content (AvgIpc) is 2.78. The molecule has 0 aliphatic rings. The van der Waals surface area contributed by atoms with Crippen LogP contribution in [0.5, 0.6) is 5.75 Å². The van der Waals surface area contributed by atoms with Crippen molar-refractivity contribution in [3.63, 3.8) is 0 Å². The molecule has 0 spiro atoms. The number of carbonyl (C=O) groups is 2. The predicted octanol–water partition coefficient (Wildman–Crippen LogP) is 4.87. The van der Waals surface area contributed by atoms with Crippen molar-refractivity contribution in [2.24, 2.45) is 0 Å². The van der Waals surface area contributed by atoms with E-state index in [0.717, 1.165) is 11.1 Å². The number of rotatable bonds is 7. The van der Waals surface area contributed by atoms with Crippen LogP contribution in [0.4, 0.5) is 11.4 Å². The van der Waals surface area contributed by atoms with Crippen molar-refractivity contribution in [3.05, 3.63) is 95.1 Å². The molecule has 3 aromatic rings. The van der Waals surface area contributed by atoms with Crippen LogP contribution in [0.25, 0.3) is 6.08 Å². The standard InChI is InChI=1S/C26H23N3O3/c1-18-7-5-10-22(13-18)28-25(30)17-32-23-11-6-9-20(15-23)14-21(16-27)26(31)29-24-12-4-3-8-19(24)2/h3-15H,17H2,1-2H3,(H,28,30)(H,29,31)/b21-14-. The number of carbonyl (C=O) groups excluding carboxylic acids is 2. The molecule has 0 atom stereocenters. The summed E-state index contributed by atoms with van der Waals surface area (Å²) in [5, 5.41) is 15.0. The Bertz CT molecular complexity index is 1210. The summed E-state index contributed by atoms with van der Waals surface area (Å²) in [6, 6.07) is 23.6. The van der Waals surface area contributed by atoms with Crippen molar-refractivity contribution in [1.82, 2.24) is 0 Å². The van der Waals surface area contributed by atoms with Gasteiger partial charge in [-0.15, -0.1) is 0 Å². The maximum atomic E-state index is 12.5. The van der Waals surface area contributed by atoms with E-state index in [1.807, 2.05) is 62.4 Å². The molecular formula is C26H23N3O3. The van der Waals surface area contributed by atoms with Crippen LogP contribution in [0.3, 0.4) is 0 Å². The van der Waals surface area contributed by atoms with Crippen LogP contribution in [-0.2, 0) is 9.59 Å². The molecule has 0 unspecified atom stereocenters. The van der Waals surface area contributed by atoms with Crippen molar-refractivity contribution in [2.75, 3.05) is 17.2 Å². The number of nitrogens with zero attached hydrogens (tertiary/aromatic N) is 1. The van der Waals surface area contributed by atoms with Gasteiger partial charge >= 0.3 is 0 Å². The fourth-order valence-corrected chi connectivity index (χ4v) is 2.98. The molecule has 2 amide bonds. The highest BCUT2D eigenvalue weighted by atomic mass is 16.5. The van der Waals surface area contributed by atoms with Crippen LogP contribution in [0.1, 0.15) is 16.7 Å². The monoisotopic (exact) mass is 425 g/mol. The van der Waals surface area contributed by atoms with Gasteiger partial charge in [0.25, 0.3) is 11.8 Å². The minimum absolute atomic E-state index is 0.0393. The quantitative estimate of drug-likeness (QED) is 0.417. The number of amides is 2. The molecule has 0 aliphatic carbocycles. The molecule has 0 saturated heterocycles. The summed E-state index contributed by atoms with van der Waals surface area (Å²) in [6.45, 7) is 3.66. The van der Waals surface area contributed by atoms with Crippen LogP contribution < -0.4 is 15.4 Å². The van der Waals surface area contributed by atoms with Crippen LogP contribution in [0.2, 0.25) is 0 Å². The Hall–Kier alpha value is -4.37. The summed E-state index contributed by atoms with van der Waals surface area (Å²) in [4.78, 5) is 24.7. The Labute approximate surface area is 187 Å². The second-order valence-corrected chi connectivity index (χ2v) is 7.22.